The lowest BCUT2D eigenvalue weighted by atomic mass is 10.0. The minimum absolute atomic E-state index is 0.0690. The molecule has 1 aromatic heterocycles. The van der Waals surface area contributed by atoms with Crippen LogP contribution in [0.25, 0.3) is 0 Å². The number of rotatable bonds is 6. The smallest absolute Gasteiger partial charge is 0.234 e. The highest BCUT2D eigenvalue weighted by Crippen LogP contribution is 2.32. The van der Waals surface area contributed by atoms with Gasteiger partial charge in [0.15, 0.2) is 0 Å². The van der Waals surface area contributed by atoms with Crippen LogP contribution in [0.5, 0.6) is 5.75 Å². The number of amides is 1. The SMILES string of the molecule is COc1ccc(C2CCCN2CC(=O)NC(C)c2cccs2)cc1. The Morgan fingerprint density at radius 1 is 1.38 bits per heavy atom. The average molecular weight is 344 g/mol. The monoisotopic (exact) mass is 344 g/mol. The van der Waals surface area contributed by atoms with Gasteiger partial charge in [0.1, 0.15) is 5.75 Å². The lowest BCUT2D eigenvalue weighted by Gasteiger charge is -2.25. The second-order valence-corrected chi connectivity index (χ2v) is 7.19. The van der Waals surface area contributed by atoms with E-state index in [1.165, 1.54) is 10.4 Å². The Bertz CT molecular complexity index is 655. The van der Waals surface area contributed by atoms with Gasteiger partial charge in [0.05, 0.1) is 19.7 Å². The minimum atomic E-state index is 0.0690. The molecule has 5 heteroatoms. The largest absolute Gasteiger partial charge is 0.497 e. The van der Waals surface area contributed by atoms with E-state index < -0.39 is 0 Å². The molecular formula is C19H24N2O2S. The standard InChI is InChI=1S/C19H24N2O2S/c1-14(18-6-4-12-24-18)20-19(22)13-21-11-3-5-17(21)15-7-9-16(23-2)10-8-15/h4,6-10,12,14,17H,3,5,11,13H2,1-2H3,(H,20,22). The summed E-state index contributed by atoms with van der Waals surface area (Å²) >= 11 is 1.68. The van der Waals surface area contributed by atoms with E-state index >= 15 is 0 Å². The van der Waals surface area contributed by atoms with Crippen molar-refractivity contribution in [2.24, 2.45) is 0 Å². The number of thiophene rings is 1. The highest BCUT2D eigenvalue weighted by Gasteiger charge is 2.27. The number of hydrogen-bond acceptors (Lipinski definition) is 4. The molecule has 1 aliphatic rings. The van der Waals surface area contributed by atoms with Crippen molar-refractivity contribution >= 4 is 17.2 Å². The molecule has 2 atom stereocenters. The van der Waals surface area contributed by atoms with Crippen molar-refractivity contribution in [3.8, 4) is 5.75 Å². The summed E-state index contributed by atoms with van der Waals surface area (Å²) in [5, 5.41) is 5.15. The van der Waals surface area contributed by atoms with Crippen LogP contribution >= 0.6 is 11.3 Å². The summed E-state index contributed by atoms with van der Waals surface area (Å²) in [6.45, 7) is 3.46. The van der Waals surface area contributed by atoms with Gasteiger partial charge in [-0.3, -0.25) is 9.69 Å². The van der Waals surface area contributed by atoms with Crippen LogP contribution in [-0.4, -0.2) is 31.0 Å². The third-order valence-corrected chi connectivity index (χ3v) is 5.61. The summed E-state index contributed by atoms with van der Waals surface area (Å²) in [5.74, 6) is 0.960. The molecule has 2 heterocycles. The number of ether oxygens (including phenoxy) is 1. The maximum atomic E-state index is 12.4. The number of nitrogens with zero attached hydrogens (tertiary/aromatic N) is 1. The Balaban J connectivity index is 1.59. The predicted octanol–water partition coefficient (Wildman–Crippen LogP) is 3.77. The van der Waals surface area contributed by atoms with Gasteiger partial charge in [-0.1, -0.05) is 18.2 Å². The van der Waals surface area contributed by atoms with E-state index in [-0.39, 0.29) is 11.9 Å². The zero-order valence-electron chi connectivity index (χ0n) is 14.2. The molecule has 0 bridgehead atoms. The van der Waals surface area contributed by atoms with E-state index in [0.29, 0.717) is 12.6 Å². The number of nitrogens with one attached hydrogen (secondary N) is 1. The van der Waals surface area contributed by atoms with E-state index in [0.717, 1.165) is 25.1 Å². The number of carbonyl (C=O) groups is 1. The fourth-order valence-corrected chi connectivity index (χ4v) is 4.03. The molecule has 0 radical (unpaired) electrons. The van der Waals surface area contributed by atoms with Crippen molar-refractivity contribution in [2.45, 2.75) is 31.8 Å². The normalized spacial score (nSPS) is 19.2. The molecule has 0 saturated carbocycles. The van der Waals surface area contributed by atoms with E-state index in [2.05, 4.69) is 28.4 Å². The van der Waals surface area contributed by atoms with E-state index in [1.807, 2.05) is 30.5 Å². The number of likely N-dealkylation sites (tertiary alicyclic amines) is 1. The van der Waals surface area contributed by atoms with Gasteiger partial charge in [-0.05, 0) is 55.5 Å². The first-order chi connectivity index (χ1) is 11.7. The minimum Gasteiger partial charge on any atom is -0.497 e. The molecule has 1 amide bonds. The van der Waals surface area contributed by atoms with Gasteiger partial charge < -0.3 is 10.1 Å². The molecule has 0 spiro atoms. The van der Waals surface area contributed by atoms with Crippen molar-refractivity contribution in [2.75, 3.05) is 20.2 Å². The third-order valence-electron chi connectivity index (χ3n) is 4.56. The molecule has 3 rings (SSSR count). The van der Waals surface area contributed by atoms with E-state index in [4.69, 9.17) is 4.74 Å². The molecule has 1 saturated heterocycles. The molecule has 2 aromatic rings. The zero-order chi connectivity index (χ0) is 16.9. The van der Waals surface area contributed by atoms with Crippen LogP contribution in [-0.2, 0) is 4.79 Å². The molecule has 0 aliphatic carbocycles. The zero-order valence-corrected chi connectivity index (χ0v) is 15.0. The molecular weight excluding hydrogens is 320 g/mol. The predicted molar refractivity (Wildman–Crippen MR) is 97.4 cm³/mol. The summed E-state index contributed by atoms with van der Waals surface area (Å²) in [6.07, 6.45) is 2.23. The highest BCUT2D eigenvalue weighted by atomic mass is 32.1. The van der Waals surface area contributed by atoms with Crippen molar-refractivity contribution < 1.29 is 9.53 Å². The van der Waals surface area contributed by atoms with Crippen molar-refractivity contribution in [3.63, 3.8) is 0 Å². The maximum absolute atomic E-state index is 12.4. The van der Waals surface area contributed by atoms with Gasteiger partial charge in [0.2, 0.25) is 5.91 Å². The Kier molecular flexibility index (Phi) is 5.53. The third kappa shape index (κ3) is 3.97. The molecule has 4 nitrogen and oxygen atoms in total. The topological polar surface area (TPSA) is 41.6 Å². The van der Waals surface area contributed by atoms with Crippen molar-refractivity contribution in [3.05, 3.63) is 52.2 Å². The maximum Gasteiger partial charge on any atom is 0.234 e. The van der Waals surface area contributed by atoms with Crippen molar-refractivity contribution in [1.82, 2.24) is 10.2 Å². The lowest BCUT2D eigenvalue weighted by Crippen LogP contribution is -2.37. The summed E-state index contributed by atoms with van der Waals surface area (Å²) < 4.78 is 5.23. The number of benzene rings is 1. The summed E-state index contributed by atoms with van der Waals surface area (Å²) in [6, 6.07) is 12.7. The summed E-state index contributed by atoms with van der Waals surface area (Å²) in [5.41, 5.74) is 1.26. The quantitative estimate of drug-likeness (QED) is 0.867. The Hall–Kier alpha value is -1.85. The number of methoxy groups -OCH3 is 1. The summed E-state index contributed by atoms with van der Waals surface area (Å²) in [7, 11) is 1.68. The van der Waals surface area contributed by atoms with Gasteiger partial charge in [-0.15, -0.1) is 11.3 Å². The fourth-order valence-electron chi connectivity index (χ4n) is 3.30. The highest BCUT2D eigenvalue weighted by molar-refractivity contribution is 7.10. The first kappa shape index (κ1) is 17.0. The van der Waals surface area contributed by atoms with Crippen LogP contribution in [0.2, 0.25) is 0 Å². The van der Waals surface area contributed by atoms with Crippen LogP contribution in [0.15, 0.2) is 41.8 Å². The summed E-state index contributed by atoms with van der Waals surface area (Å²) in [4.78, 5) is 15.9. The van der Waals surface area contributed by atoms with Crippen molar-refractivity contribution in [1.29, 1.82) is 0 Å². The Labute approximate surface area is 147 Å². The second kappa shape index (κ2) is 7.81. The molecule has 1 fully saturated rings. The van der Waals surface area contributed by atoms with Gasteiger partial charge in [0, 0.05) is 10.9 Å². The molecule has 1 aromatic carbocycles. The molecule has 2 unspecified atom stereocenters. The van der Waals surface area contributed by atoms with Gasteiger partial charge >= 0.3 is 0 Å². The molecule has 24 heavy (non-hydrogen) atoms. The van der Waals surface area contributed by atoms with Crippen LogP contribution in [0, 0.1) is 0 Å². The molecule has 1 aliphatic heterocycles. The fraction of sp³-hybridized carbons (Fsp3) is 0.421. The molecule has 1 N–H and O–H groups in total. The second-order valence-electron chi connectivity index (χ2n) is 6.21. The van der Waals surface area contributed by atoms with E-state index in [1.54, 1.807) is 18.4 Å². The Morgan fingerprint density at radius 2 is 2.17 bits per heavy atom. The van der Waals surface area contributed by atoms with Crippen LogP contribution in [0.4, 0.5) is 0 Å². The first-order valence-corrected chi connectivity index (χ1v) is 9.26. The lowest BCUT2D eigenvalue weighted by molar-refractivity contribution is -0.123. The van der Waals surface area contributed by atoms with Gasteiger partial charge in [-0.2, -0.15) is 0 Å². The van der Waals surface area contributed by atoms with E-state index in [9.17, 15) is 4.79 Å². The van der Waals surface area contributed by atoms with Crippen LogP contribution < -0.4 is 10.1 Å². The average Bonchev–Trinajstić information content (AvgIpc) is 3.26. The van der Waals surface area contributed by atoms with Gasteiger partial charge in [-0.25, -0.2) is 0 Å². The number of hydrogen-bond donors (Lipinski definition) is 1. The van der Waals surface area contributed by atoms with Crippen LogP contribution in [0.3, 0.4) is 0 Å². The first-order valence-electron chi connectivity index (χ1n) is 8.38. The Morgan fingerprint density at radius 3 is 2.83 bits per heavy atom. The van der Waals surface area contributed by atoms with Gasteiger partial charge in [0.25, 0.3) is 0 Å². The number of carbonyl (C=O) groups excluding carboxylic acids is 1. The van der Waals surface area contributed by atoms with Crippen LogP contribution in [0.1, 0.15) is 42.3 Å². The molecule has 128 valence electrons.